The highest BCUT2D eigenvalue weighted by molar-refractivity contribution is 5.85. The molecule has 0 unspecified atom stereocenters. The maximum Gasteiger partial charge on any atom is 0.304 e. The molecule has 0 aliphatic heterocycles. The summed E-state index contributed by atoms with van der Waals surface area (Å²) in [6.45, 7) is 1.76. The molecule has 0 bridgehead atoms. The number of nitrogens with one attached hydrogen (secondary N) is 1. The second-order valence-corrected chi connectivity index (χ2v) is 6.80. The number of aryl methyl sites for hydroxylation is 1. The molecule has 0 amide bonds. The minimum absolute atomic E-state index is 0. The average Bonchev–Trinajstić information content (AvgIpc) is 2.74. The van der Waals surface area contributed by atoms with Gasteiger partial charge >= 0.3 is 5.97 Å². The number of halogens is 1. The van der Waals surface area contributed by atoms with Crippen molar-refractivity contribution in [1.29, 1.82) is 0 Å². The molecule has 0 radical (unpaired) electrons. The van der Waals surface area contributed by atoms with Gasteiger partial charge in [-0.3, -0.25) is 4.79 Å². The van der Waals surface area contributed by atoms with E-state index < -0.39 is 5.97 Å². The van der Waals surface area contributed by atoms with Crippen molar-refractivity contribution in [3.63, 3.8) is 0 Å². The summed E-state index contributed by atoms with van der Waals surface area (Å²) in [6, 6.07) is 16.4. The number of unbranched alkanes of at least 4 members (excludes halogenated alkanes) is 2. The summed E-state index contributed by atoms with van der Waals surface area (Å²) in [4.78, 5) is 10.5. The van der Waals surface area contributed by atoms with E-state index in [1.54, 1.807) is 7.11 Å². The molecule has 5 nitrogen and oxygen atoms in total. The van der Waals surface area contributed by atoms with Crippen LogP contribution in [0.1, 0.15) is 36.8 Å². The first-order valence-corrected chi connectivity index (χ1v) is 10.1. The van der Waals surface area contributed by atoms with Crippen molar-refractivity contribution in [1.82, 2.24) is 5.32 Å². The van der Waals surface area contributed by atoms with Gasteiger partial charge in [-0.05, 0) is 43.4 Å². The molecule has 2 aromatic carbocycles. The zero-order chi connectivity index (χ0) is 20.7. The lowest BCUT2D eigenvalue weighted by Gasteiger charge is -2.10. The number of benzene rings is 2. The first-order valence-electron chi connectivity index (χ1n) is 10.1. The monoisotopic (exact) mass is 433 g/mol. The molecule has 0 aliphatic rings. The van der Waals surface area contributed by atoms with Crippen LogP contribution in [0.5, 0.6) is 11.5 Å². The maximum absolute atomic E-state index is 10.5. The molecular weight excluding hydrogens is 402 g/mol. The SMILES string of the molecule is COc1cc(OCCCCCc2ccccc2)ccc1C=CCNCCC(=O)O.Cl. The summed E-state index contributed by atoms with van der Waals surface area (Å²) in [5, 5.41) is 11.7. The van der Waals surface area contributed by atoms with Gasteiger partial charge < -0.3 is 19.9 Å². The Kier molecular flexibility index (Phi) is 13.1. The number of hydrogen-bond acceptors (Lipinski definition) is 4. The van der Waals surface area contributed by atoms with E-state index in [0.29, 0.717) is 19.7 Å². The van der Waals surface area contributed by atoms with Crippen LogP contribution in [0.25, 0.3) is 6.08 Å². The Balaban J connectivity index is 0.00000450. The smallest absolute Gasteiger partial charge is 0.304 e. The topological polar surface area (TPSA) is 67.8 Å². The van der Waals surface area contributed by atoms with Crippen LogP contribution in [0.3, 0.4) is 0 Å². The third-order valence-electron chi connectivity index (χ3n) is 4.50. The Morgan fingerprint density at radius 1 is 1.10 bits per heavy atom. The van der Waals surface area contributed by atoms with Crippen LogP contribution < -0.4 is 14.8 Å². The highest BCUT2D eigenvalue weighted by Crippen LogP contribution is 2.26. The summed E-state index contributed by atoms with van der Waals surface area (Å²) in [6.07, 6.45) is 8.48. The Hall–Kier alpha value is -2.50. The summed E-state index contributed by atoms with van der Waals surface area (Å²) in [7, 11) is 1.64. The number of hydrogen-bond donors (Lipinski definition) is 2. The Labute approximate surface area is 185 Å². The minimum Gasteiger partial charge on any atom is -0.496 e. The van der Waals surface area contributed by atoms with Gasteiger partial charge in [0, 0.05) is 24.7 Å². The summed E-state index contributed by atoms with van der Waals surface area (Å²) < 4.78 is 11.3. The largest absolute Gasteiger partial charge is 0.496 e. The molecule has 0 saturated carbocycles. The van der Waals surface area contributed by atoms with Crippen LogP contribution in [-0.4, -0.2) is 37.9 Å². The lowest BCUT2D eigenvalue weighted by atomic mass is 10.1. The fraction of sp³-hybridized carbons (Fsp3) is 0.375. The van der Waals surface area contributed by atoms with Crippen LogP contribution in [0.2, 0.25) is 0 Å². The fourth-order valence-corrected chi connectivity index (χ4v) is 2.93. The van der Waals surface area contributed by atoms with Gasteiger partial charge in [-0.25, -0.2) is 0 Å². The molecule has 30 heavy (non-hydrogen) atoms. The normalized spacial score (nSPS) is 10.6. The summed E-state index contributed by atoms with van der Waals surface area (Å²) in [5.74, 6) is 0.768. The summed E-state index contributed by atoms with van der Waals surface area (Å²) in [5.41, 5.74) is 2.35. The molecule has 0 saturated heterocycles. The van der Waals surface area contributed by atoms with E-state index in [1.165, 1.54) is 12.0 Å². The second-order valence-electron chi connectivity index (χ2n) is 6.80. The molecule has 0 aromatic heterocycles. The van der Waals surface area contributed by atoms with Crippen molar-refractivity contribution in [2.75, 3.05) is 26.8 Å². The van der Waals surface area contributed by atoms with Crippen LogP contribution >= 0.6 is 12.4 Å². The van der Waals surface area contributed by atoms with Gasteiger partial charge in [0.25, 0.3) is 0 Å². The average molecular weight is 434 g/mol. The molecule has 2 N–H and O–H groups in total. The van der Waals surface area contributed by atoms with Crippen molar-refractivity contribution in [2.45, 2.75) is 32.1 Å². The highest BCUT2D eigenvalue weighted by Gasteiger charge is 2.03. The van der Waals surface area contributed by atoms with Crippen LogP contribution in [-0.2, 0) is 11.2 Å². The third kappa shape index (κ3) is 10.3. The molecule has 0 spiro atoms. The Morgan fingerprint density at radius 2 is 1.90 bits per heavy atom. The van der Waals surface area contributed by atoms with E-state index in [-0.39, 0.29) is 18.8 Å². The number of carboxylic acid groups (broad SMARTS) is 1. The lowest BCUT2D eigenvalue weighted by molar-refractivity contribution is -0.136. The van der Waals surface area contributed by atoms with E-state index in [2.05, 4.69) is 29.6 Å². The van der Waals surface area contributed by atoms with Gasteiger partial charge in [-0.15, -0.1) is 12.4 Å². The fourth-order valence-electron chi connectivity index (χ4n) is 2.93. The van der Waals surface area contributed by atoms with Gasteiger partial charge in [-0.2, -0.15) is 0 Å². The van der Waals surface area contributed by atoms with Gasteiger partial charge in [0.15, 0.2) is 0 Å². The first-order chi connectivity index (χ1) is 14.2. The predicted molar refractivity (Wildman–Crippen MR) is 124 cm³/mol. The van der Waals surface area contributed by atoms with Crippen molar-refractivity contribution in [2.24, 2.45) is 0 Å². The van der Waals surface area contributed by atoms with Crippen LogP contribution in [0.4, 0.5) is 0 Å². The van der Waals surface area contributed by atoms with E-state index in [4.69, 9.17) is 14.6 Å². The Morgan fingerprint density at radius 3 is 2.63 bits per heavy atom. The van der Waals surface area contributed by atoms with Crippen molar-refractivity contribution < 1.29 is 19.4 Å². The zero-order valence-electron chi connectivity index (χ0n) is 17.5. The molecule has 0 atom stereocenters. The highest BCUT2D eigenvalue weighted by atomic mass is 35.5. The number of carbonyl (C=O) groups is 1. The molecule has 0 fully saturated rings. The van der Waals surface area contributed by atoms with E-state index in [0.717, 1.165) is 36.3 Å². The summed E-state index contributed by atoms with van der Waals surface area (Å²) >= 11 is 0. The number of methoxy groups -OCH3 is 1. The van der Waals surface area contributed by atoms with Crippen molar-refractivity contribution in [3.8, 4) is 11.5 Å². The second kappa shape index (κ2) is 15.4. The van der Waals surface area contributed by atoms with Gasteiger partial charge in [0.1, 0.15) is 11.5 Å². The number of ether oxygens (including phenoxy) is 2. The van der Waals surface area contributed by atoms with Gasteiger partial charge in [0.2, 0.25) is 0 Å². The zero-order valence-corrected chi connectivity index (χ0v) is 18.3. The lowest BCUT2D eigenvalue weighted by Crippen LogP contribution is -2.17. The maximum atomic E-state index is 10.5. The molecular formula is C24H32ClNO4. The number of carboxylic acids is 1. The van der Waals surface area contributed by atoms with E-state index in [9.17, 15) is 4.79 Å². The molecule has 0 heterocycles. The quantitative estimate of drug-likeness (QED) is 0.411. The molecule has 164 valence electrons. The van der Waals surface area contributed by atoms with E-state index in [1.807, 2.05) is 36.4 Å². The molecule has 0 aliphatic carbocycles. The third-order valence-corrected chi connectivity index (χ3v) is 4.50. The number of rotatable bonds is 14. The molecule has 2 rings (SSSR count). The van der Waals surface area contributed by atoms with Gasteiger partial charge in [0.05, 0.1) is 20.1 Å². The molecule has 2 aromatic rings. The standard InChI is InChI=1S/C24H31NO4.ClH/c1-28-23-19-22(14-13-21(23)12-8-16-25-17-15-24(26)27)29-18-7-3-6-11-20-9-4-2-5-10-20;/h2,4-5,8-10,12-14,19,25H,3,6-7,11,15-18H2,1H3,(H,26,27);1H. The van der Waals surface area contributed by atoms with Crippen LogP contribution in [0.15, 0.2) is 54.6 Å². The number of aliphatic carboxylic acids is 1. The van der Waals surface area contributed by atoms with Crippen LogP contribution in [0, 0.1) is 0 Å². The van der Waals surface area contributed by atoms with Crippen molar-refractivity contribution >= 4 is 24.5 Å². The van der Waals surface area contributed by atoms with Gasteiger partial charge in [-0.1, -0.05) is 42.5 Å². The first kappa shape index (κ1) is 25.5. The predicted octanol–water partition coefficient (Wildman–Crippen LogP) is 4.99. The van der Waals surface area contributed by atoms with Crippen molar-refractivity contribution in [3.05, 3.63) is 65.7 Å². The Bertz CT molecular complexity index is 765. The minimum atomic E-state index is -0.796. The molecule has 6 heteroatoms. The van der Waals surface area contributed by atoms with E-state index >= 15 is 0 Å².